The molecule has 35 heavy (non-hydrogen) atoms. The van der Waals surface area contributed by atoms with E-state index in [4.69, 9.17) is 0 Å². The number of alkyl halides is 2. The van der Waals surface area contributed by atoms with Gasteiger partial charge in [0.05, 0.1) is 11.3 Å². The normalized spacial score (nSPS) is 18.1. The number of fused-ring (bicyclic) bond motifs is 1. The van der Waals surface area contributed by atoms with Crippen LogP contribution in [0.4, 0.5) is 17.6 Å². The number of ether oxygens (including phenoxy) is 2. The van der Waals surface area contributed by atoms with E-state index in [0.29, 0.717) is 11.6 Å². The van der Waals surface area contributed by atoms with Crippen molar-refractivity contribution in [2.45, 2.75) is 11.7 Å². The van der Waals surface area contributed by atoms with E-state index in [1.54, 1.807) is 0 Å². The fraction of sp³-hybridized carbons (Fsp3) is 0.130. The third-order valence-corrected chi connectivity index (χ3v) is 6.50. The molecule has 2 amide bonds. The van der Waals surface area contributed by atoms with Crippen LogP contribution in [0, 0.1) is 11.6 Å². The van der Waals surface area contributed by atoms with Crippen molar-refractivity contribution in [3.05, 3.63) is 77.4 Å². The van der Waals surface area contributed by atoms with Crippen molar-refractivity contribution < 1.29 is 41.7 Å². The lowest BCUT2D eigenvalue weighted by molar-refractivity contribution is -0.286. The maximum atomic E-state index is 14.2. The maximum absolute atomic E-state index is 14.2. The second kappa shape index (κ2) is 8.38. The van der Waals surface area contributed by atoms with Gasteiger partial charge < -0.3 is 14.6 Å². The number of carbonyl (C=O) groups is 2. The average molecular weight is 506 g/mol. The third kappa shape index (κ3) is 4.32. The first kappa shape index (κ1) is 22.8. The molecule has 0 spiro atoms. The summed E-state index contributed by atoms with van der Waals surface area (Å²) in [5.74, 6) is -3.81. The van der Waals surface area contributed by atoms with Crippen molar-refractivity contribution in [3.63, 3.8) is 0 Å². The average Bonchev–Trinajstić information content (AvgIpc) is 3.31. The minimum Gasteiger partial charge on any atom is -0.507 e. The molecule has 3 aromatic rings. The number of benzene rings is 3. The molecular formula is C23H14F4N2O5S. The zero-order chi connectivity index (χ0) is 24.9. The first-order valence-electron chi connectivity index (χ1n) is 10.0. The minimum absolute atomic E-state index is 0.00305. The van der Waals surface area contributed by atoms with E-state index in [9.17, 15) is 32.3 Å². The van der Waals surface area contributed by atoms with Gasteiger partial charge in [-0.3, -0.25) is 15.0 Å². The highest BCUT2D eigenvalue weighted by molar-refractivity contribution is 8.00. The SMILES string of the molecule is O=C(NN1C(=O)CSC1c1ccc2c(c1)OC(F)(F)O2)c1cc(-c2ccc(F)cc2F)ccc1O. The molecule has 12 heteroatoms. The van der Waals surface area contributed by atoms with Gasteiger partial charge in [-0.2, -0.15) is 0 Å². The smallest absolute Gasteiger partial charge is 0.507 e. The Labute approximate surface area is 199 Å². The molecule has 1 saturated heterocycles. The molecule has 0 saturated carbocycles. The number of amides is 2. The number of halogens is 4. The van der Waals surface area contributed by atoms with E-state index in [1.807, 2.05) is 0 Å². The van der Waals surface area contributed by atoms with Crippen molar-refractivity contribution in [1.82, 2.24) is 10.4 Å². The molecule has 0 aromatic heterocycles. The van der Waals surface area contributed by atoms with Crippen LogP contribution in [0.1, 0.15) is 21.3 Å². The minimum atomic E-state index is -3.81. The molecule has 180 valence electrons. The molecule has 2 N–H and O–H groups in total. The van der Waals surface area contributed by atoms with Crippen LogP contribution >= 0.6 is 11.8 Å². The van der Waals surface area contributed by atoms with Crippen molar-refractivity contribution in [2.75, 3.05) is 5.75 Å². The highest BCUT2D eigenvalue weighted by Crippen LogP contribution is 2.45. The van der Waals surface area contributed by atoms with E-state index in [2.05, 4.69) is 14.9 Å². The van der Waals surface area contributed by atoms with Gasteiger partial charge in [0, 0.05) is 11.6 Å². The zero-order valence-electron chi connectivity index (χ0n) is 17.4. The summed E-state index contributed by atoms with van der Waals surface area (Å²) in [6.45, 7) is 0. The van der Waals surface area contributed by atoms with E-state index in [-0.39, 0.29) is 33.9 Å². The second-order valence-corrected chi connectivity index (χ2v) is 8.67. The monoisotopic (exact) mass is 506 g/mol. The van der Waals surface area contributed by atoms with Gasteiger partial charge in [0.25, 0.3) is 11.8 Å². The number of phenols is 1. The van der Waals surface area contributed by atoms with Crippen LogP contribution in [0.5, 0.6) is 17.2 Å². The van der Waals surface area contributed by atoms with Gasteiger partial charge in [0.15, 0.2) is 11.5 Å². The largest absolute Gasteiger partial charge is 0.586 e. The van der Waals surface area contributed by atoms with Crippen LogP contribution < -0.4 is 14.9 Å². The summed E-state index contributed by atoms with van der Waals surface area (Å²) in [5.41, 5.74) is 2.73. The van der Waals surface area contributed by atoms with Gasteiger partial charge in [-0.15, -0.1) is 20.5 Å². The number of carbonyl (C=O) groups excluding carboxylic acids is 2. The Morgan fingerprint density at radius 2 is 1.83 bits per heavy atom. The fourth-order valence-corrected chi connectivity index (χ4v) is 4.79. The lowest BCUT2D eigenvalue weighted by Crippen LogP contribution is -2.44. The predicted octanol–water partition coefficient (Wildman–Crippen LogP) is 4.58. The van der Waals surface area contributed by atoms with E-state index in [1.165, 1.54) is 42.5 Å². The molecule has 0 bridgehead atoms. The number of phenolic OH excluding ortho intramolecular Hbond substituents is 1. The van der Waals surface area contributed by atoms with E-state index >= 15 is 0 Å². The molecule has 0 radical (unpaired) electrons. The second-order valence-electron chi connectivity index (χ2n) is 7.60. The standard InChI is InChI=1S/C23H14F4N2O5S/c24-13-3-4-14(16(25)9-13)11-1-5-17(30)15(7-11)21(32)28-29-20(31)10-35-22(29)12-2-6-18-19(8-12)34-23(26,27)33-18/h1-9,22,30H,10H2,(H,28,32). The Morgan fingerprint density at radius 3 is 2.60 bits per heavy atom. The number of hydrogen-bond acceptors (Lipinski definition) is 6. The first-order chi connectivity index (χ1) is 16.6. The van der Waals surface area contributed by atoms with Crippen LogP contribution in [0.3, 0.4) is 0 Å². The quantitative estimate of drug-likeness (QED) is 0.504. The molecule has 2 aliphatic heterocycles. The fourth-order valence-electron chi connectivity index (χ4n) is 3.69. The number of nitrogens with zero attached hydrogens (tertiary/aromatic N) is 1. The number of thioether (sulfide) groups is 1. The van der Waals surface area contributed by atoms with Crippen molar-refractivity contribution in [3.8, 4) is 28.4 Å². The lowest BCUT2D eigenvalue weighted by Gasteiger charge is -2.25. The topological polar surface area (TPSA) is 88.1 Å². The number of aromatic hydroxyl groups is 1. The Morgan fingerprint density at radius 1 is 1.06 bits per heavy atom. The molecule has 0 aliphatic carbocycles. The van der Waals surface area contributed by atoms with E-state index < -0.39 is 40.9 Å². The first-order valence-corrected chi connectivity index (χ1v) is 11.1. The highest BCUT2D eigenvalue weighted by Gasteiger charge is 2.44. The van der Waals surface area contributed by atoms with E-state index in [0.717, 1.165) is 22.8 Å². The molecule has 1 unspecified atom stereocenters. The summed E-state index contributed by atoms with van der Waals surface area (Å²) in [6, 6.07) is 10.7. The van der Waals surface area contributed by atoms with Gasteiger partial charge in [-0.25, -0.2) is 13.8 Å². The molecular weight excluding hydrogens is 492 g/mol. The molecule has 2 heterocycles. The summed E-state index contributed by atoms with van der Waals surface area (Å²) in [5, 5.41) is 10.4. The number of hydrogen-bond donors (Lipinski definition) is 2. The summed E-state index contributed by atoms with van der Waals surface area (Å²) in [6.07, 6.45) is -3.81. The van der Waals surface area contributed by atoms with Crippen LogP contribution in [-0.2, 0) is 4.79 Å². The van der Waals surface area contributed by atoms with Gasteiger partial charge in [0.1, 0.15) is 22.8 Å². The molecule has 5 rings (SSSR count). The summed E-state index contributed by atoms with van der Waals surface area (Å²) >= 11 is 1.13. The van der Waals surface area contributed by atoms with Crippen molar-refractivity contribution in [1.29, 1.82) is 0 Å². The number of hydrazine groups is 1. The third-order valence-electron chi connectivity index (χ3n) is 5.28. The van der Waals surface area contributed by atoms with Gasteiger partial charge in [0.2, 0.25) is 0 Å². The molecule has 1 fully saturated rings. The Bertz CT molecular complexity index is 1370. The molecule has 3 aromatic carbocycles. The van der Waals surface area contributed by atoms with Crippen LogP contribution in [0.2, 0.25) is 0 Å². The van der Waals surface area contributed by atoms with Gasteiger partial charge >= 0.3 is 6.29 Å². The Kier molecular flexibility index (Phi) is 5.47. The molecule has 1 atom stereocenters. The Balaban J connectivity index is 1.41. The van der Waals surface area contributed by atoms with Crippen molar-refractivity contribution in [2.24, 2.45) is 0 Å². The lowest BCUT2D eigenvalue weighted by atomic mass is 10.0. The summed E-state index contributed by atoms with van der Waals surface area (Å²) in [4.78, 5) is 25.4. The van der Waals surface area contributed by atoms with Crippen LogP contribution in [0.15, 0.2) is 54.6 Å². The number of rotatable bonds is 4. The molecule has 2 aliphatic rings. The highest BCUT2D eigenvalue weighted by atomic mass is 32.2. The number of nitrogens with one attached hydrogen (secondary N) is 1. The van der Waals surface area contributed by atoms with Gasteiger partial charge in [-0.05, 0) is 47.5 Å². The van der Waals surface area contributed by atoms with Gasteiger partial charge in [-0.1, -0.05) is 12.1 Å². The van der Waals surface area contributed by atoms with Crippen molar-refractivity contribution >= 4 is 23.6 Å². The predicted molar refractivity (Wildman–Crippen MR) is 116 cm³/mol. The Hall–Kier alpha value is -3.93. The van der Waals surface area contributed by atoms with Crippen LogP contribution in [0.25, 0.3) is 11.1 Å². The van der Waals surface area contributed by atoms with Crippen LogP contribution in [-0.4, -0.2) is 34.0 Å². The maximum Gasteiger partial charge on any atom is 0.586 e. The molecule has 7 nitrogen and oxygen atoms in total. The summed E-state index contributed by atoms with van der Waals surface area (Å²) < 4.78 is 63.0. The zero-order valence-corrected chi connectivity index (χ0v) is 18.2. The summed E-state index contributed by atoms with van der Waals surface area (Å²) in [7, 11) is 0.